The fourth-order valence-electron chi connectivity index (χ4n) is 3.44. The maximum absolute atomic E-state index is 5.57. The minimum atomic E-state index is 0.210. The van der Waals surface area contributed by atoms with Gasteiger partial charge in [0.05, 0.1) is 33.5 Å². The van der Waals surface area contributed by atoms with Crippen molar-refractivity contribution in [3.8, 4) is 17.2 Å². The normalized spacial score (nSPS) is 11.8. The Bertz CT molecular complexity index is 1120. The van der Waals surface area contributed by atoms with Crippen molar-refractivity contribution in [1.82, 2.24) is 15.0 Å². The average Bonchev–Trinajstić information content (AvgIpc) is 3.39. The Morgan fingerprint density at radius 2 is 1.51 bits per heavy atom. The van der Waals surface area contributed by atoms with E-state index in [1.807, 2.05) is 42.5 Å². The molecule has 0 amide bonds. The number of nitrogens with one attached hydrogen (secondary N) is 3. The number of benzene rings is 2. The summed E-state index contributed by atoms with van der Waals surface area (Å²) in [6, 6.07) is 13.5. The number of nitrogens with zero attached hydrogens (tertiary/aromatic N) is 3. The van der Waals surface area contributed by atoms with E-state index >= 15 is 0 Å². The van der Waals surface area contributed by atoms with Gasteiger partial charge in [0.2, 0.25) is 24.6 Å². The SMILES string of the molecule is COc1ccc(CCNc2nc(NCCOCCOCCN)nc(Nc3ccc4c(c3)OCO4)n2)cc1. The molecule has 12 heteroatoms. The molecule has 4 rings (SSSR count). The molecule has 1 aliphatic rings. The highest BCUT2D eigenvalue weighted by molar-refractivity contribution is 5.61. The molecule has 0 spiro atoms. The predicted molar refractivity (Wildman–Crippen MR) is 140 cm³/mol. The van der Waals surface area contributed by atoms with E-state index in [0.717, 1.165) is 17.9 Å². The summed E-state index contributed by atoms with van der Waals surface area (Å²) in [7, 11) is 1.65. The zero-order valence-electron chi connectivity index (χ0n) is 20.9. The van der Waals surface area contributed by atoms with Crippen LogP contribution in [0.25, 0.3) is 0 Å². The minimum Gasteiger partial charge on any atom is -0.497 e. The third-order valence-corrected chi connectivity index (χ3v) is 5.28. The van der Waals surface area contributed by atoms with Crippen LogP contribution < -0.4 is 35.9 Å². The molecule has 0 aliphatic carbocycles. The van der Waals surface area contributed by atoms with Crippen LogP contribution in [0.2, 0.25) is 0 Å². The van der Waals surface area contributed by atoms with E-state index in [1.54, 1.807) is 7.11 Å². The molecule has 0 saturated carbocycles. The summed E-state index contributed by atoms with van der Waals surface area (Å²) in [4.78, 5) is 13.5. The van der Waals surface area contributed by atoms with Crippen molar-refractivity contribution in [2.75, 3.05) is 75.9 Å². The highest BCUT2D eigenvalue weighted by atomic mass is 16.7. The zero-order chi connectivity index (χ0) is 25.7. The van der Waals surface area contributed by atoms with Crippen LogP contribution >= 0.6 is 0 Å². The molecule has 1 aliphatic heterocycles. The smallest absolute Gasteiger partial charge is 0.233 e. The summed E-state index contributed by atoms with van der Waals surface area (Å²) in [6.07, 6.45) is 0.795. The van der Waals surface area contributed by atoms with E-state index in [1.165, 1.54) is 5.56 Å². The lowest BCUT2D eigenvalue weighted by molar-refractivity contribution is 0.0547. The monoisotopic (exact) mass is 511 g/mol. The third kappa shape index (κ3) is 8.34. The van der Waals surface area contributed by atoms with Gasteiger partial charge in [0.25, 0.3) is 0 Å². The van der Waals surface area contributed by atoms with Crippen LogP contribution in [0.4, 0.5) is 23.5 Å². The molecule has 0 fully saturated rings. The first kappa shape index (κ1) is 26.2. The van der Waals surface area contributed by atoms with Gasteiger partial charge in [-0.1, -0.05) is 12.1 Å². The zero-order valence-corrected chi connectivity index (χ0v) is 20.9. The molecule has 2 heterocycles. The van der Waals surface area contributed by atoms with Crippen LogP contribution in [0.3, 0.4) is 0 Å². The van der Waals surface area contributed by atoms with E-state index < -0.39 is 0 Å². The Morgan fingerprint density at radius 1 is 0.811 bits per heavy atom. The summed E-state index contributed by atoms with van der Waals surface area (Å²) >= 11 is 0. The number of nitrogens with two attached hydrogens (primary N) is 1. The molecule has 0 saturated heterocycles. The largest absolute Gasteiger partial charge is 0.497 e. The van der Waals surface area contributed by atoms with E-state index in [9.17, 15) is 0 Å². The summed E-state index contributed by atoms with van der Waals surface area (Å²) < 4.78 is 26.9. The van der Waals surface area contributed by atoms with Crippen LogP contribution in [0.5, 0.6) is 17.2 Å². The van der Waals surface area contributed by atoms with Crippen LogP contribution in [0.15, 0.2) is 42.5 Å². The Hall–Kier alpha value is -3.87. The molecule has 198 valence electrons. The molecule has 0 unspecified atom stereocenters. The van der Waals surface area contributed by atoms with Crippen molar-refractivity contribution in [3.05, 3.63) is 48.0 Å². The number of hydrogen-bond donors (Lipinski definition) is 4. The van der Waals surface area contributed by atoms with Gasteiger partial charge in [-0.2, -0.15) is 15.0 Å². The van der Waals surface area contributed by atoms with Gasteiger partial charge in [0.15, 0.2) is 11.5 Å². The maximum atomic E-state index is 5.57. The standard InChI is InChI=1S/C25H33N7O5/c1-33-20-5-2-18(3-6-20)8-10-27-23-30-24(28-11-13-35-15-14-34-12-9-26)32-25(31-23)29-19-4-7-21-22(16-19)37-17-36-21/h2-7,16H,8-15,17,26H2,1H3,(H3,27,28,29,30,31,32). The van der Waals surface area contributed by atoms with Gasteiger partial charge in [-0.05, 0) is 36.2 Å². The number of aromatic nitrogens is 3. The molecule has 0 radical (unpaired) electrons. The van der Waals surface area contributed by atoms with Gasteiger partial charge < -0.3 is 45.4 Å². The lowest BCUT2D eigenvalue weighted by Gasteiger charge is -2.12. The molecular formula is C25H33N7O5. The van der Waals surface area contributed by atoms with Crippen LogP contribution in [-0.2, 0) is 15.9 Å². The van der Waals surface area contributed by atoms with Gasteiger partial charge in [0.1, 0.15) is 5.75 Å². The summed E-state index contributed by atoms with van der Waals surface area (Å²) in [5.74, 6) is 3.47. The first-order valence-corrected chi connectivity index (χ1v) is 12.1. The molecule has 1 aromatic heterocycles. The fourth-order valence-corrected chi connectivity index (χ4v) is 3.44. The van der Waals surface area contributed by atoms with E-state index in [-0.39, 0.29) is 6.79 Å². The van der Waals surface area contributed by atoms with Gasteiger partial charge in [-0.3, -0.25) is 0 Å². The third-order valence-electron chi connectivity index (χ3n) is 5.28. The number of ether oxygens (including phenoxy) is 5. The van der Waals surface area contributed by atoms with Crippen molar-refractivity contribution in [1.29, 1.82) is 0 Å². The molecule has 5 N–H and O–H groups in total. The van der Waals surface area contributed by atoms with Crippen LogP contribution in [-0.4, -0.2) is 74.9 Å². The lowest BCUT2D eigenvalue weighted by Crippen LogP contribution is -2.17. The van der Waals surface area contributed by atoms with Gasteiger partial charge in [-0.15, -0.1) is 0 Å². The average molecular weight is 512 g/mol. The molecule has 12 nitrogen and oxygen atoms in total. The first-order valence-electron chi connectivity index (χ1n) is 12.1. The molecular weight excluding hydrogens is 478 g/mol. The molecule has 3 aromatic rings. The topological polar surface area (TPSA) is 147 Å². The summed E-state index contributed by atoms with van der Waals surface area (Å²) in [6.45, 7) is 3.88. The Balaban J connectivity index is 1.36. The molecule has 2 aromatic carbocycles. The van der Waals surface area contributed by atoms with Gasteiger partial charge >= 0.3 is 0 Å². The first-order chi connectivity index (χ1) is 18.2. The van der Waals surface area contributed by atoms with Crippen molar-refractivity contribution in [2.24, 2.45) is 5.73 Å². The highest BCUT2D eigenvalue weighted by Gasteiger charge is 2.14. The van der Waals surface area contributed by atoms with Crippen LogP contribution in [0.1, 0.15) is 5.56 Å². The summed E-state index contributed by atoms with van der Waals surface area (Å²) in [5.41, 5.74) is 7.34. The van der Waals surface area contributed by atoms with Crippen LogP contribution in [0, 0.1) is 0 Å². The van der Waals surface area contributed by atoms with E-state index in [4.69, 9.17) is 29.4 Å². The Kier molecular flexibility index (Phi) is 9.93. The quantitative estimate of drug-likeness (QED) is 0.209. The number of rotatable bonds is 16. The lowest BCUT2D eigenvalue weighted by atomic mass is 10.1. The number of anilines is 4. The Labute approximate surface area is 215 Å². The number of methoxy groups -OCH3 is 1. The second-order valence-corrected chi connectivity index (χ2v) is 7.96. The van der Waals surface area contributed by atoms with E-state index in [0.29, 0.717) is 75.4 Å². The molecule has 0 bridgehead atoms. The number of hydrogen-bond acceptors (Lipinski definition) is 12. The second-order valence-electron chi connectivity index (χ2n) is 7.96. The van der Waals surface area contributed by atoms with E-state index in [2.05, 4.69) is 30.9 Å². The maximum Gasteiger partial charge on any atom is 0.233 e. The molecule has 0 atom stereocenters. The van der Waals surface area contributed by atoms with Crippen molar-refractivity contribution in [2.45, 2.75) is 6.42 Å². The van der Waals surface area contributed by atoms with Crippen molar-refractivity contribution < 1.29 is 23.7 Å². The second kappa shape index (κ2) is 14.0. The molecule has 37 heavy (non-hydrogen) atoms. The Morgan fingerprint density at radius 3 is 2.27 bits per heavy atom. The van der Waals surface area contributed by atoms with Crippen molar-refractivity contribution in [3.63, 3.8) is 0 Å². The van der Waals surface area contributed by atoms with Gasteiger partial charge in [-0.25, -0.2) is 0 Å². The van der Waals surface area contributed by atoms with Gasteiger partial charge in [0, 0.05) is 31.4 Å². The highest BCUT2D eigenvalue weighted by Crippen LogP contribution is 2.34. The fraction of sp³-hybridized carbons (Fsp3) is 0.400. The van der Waals surface area contributed by atoms with Crippen molar-refractivity contribution >= 4 is 23.5 Å². The predicted octanol–water partition coefficient (Wildman–Crippen LogP) is 2.41. The minimum absolute atomic E-state index is 0.210. The number of fused-ring (bicyclic) bond motifs is 1. The summed E-state index contributed by atoms with van der Waals surface area (Å²) in [5, 5.41) is 9.69.